The van der Waals surface area contributed by atoms with Gasteiger partial charge in [-0.05, 0) is 43.0 Å². The molecule has 0 aliphatic carbocycles. The fourth-order valence-corrected chi connectivity index (χ4v) is 10.1. The molecule has 0 aliphatic heterocycles. The Balaban J connectivity index is 1.80. The molecule has 2 nitrogen and oxygen atoms in total. The molecular formula is C37H48O2Si4. The average molecular weight is 637 g/mol. The normalized spacial score (nSPS) is 12.0. The zero-order chi connectivity index (χ0) is 31.3. The van der Waals surface area contributed by atoms with Crippen LogP contribution in [0.4, 0.5) is 0 Å². The Kier molecular flexibility index (Phi) is 11.1. The summed E-state index contributed by atoms with van der Waals surface area (Å²) in [6, 6.07) is 31.0. The summed E-state index contributed by atoms with van der Waals surface area (Å²) in [6.07, 6.45) is 0. The van der Waals surface area contributed by atoms with Crippen LogP contribution in [-0.2, 0) is 18.6 Å². The first kappa shape index (κ1) is 33.2. The maximum atomic E-state index is 6.67. The van der Waals surface area contributed by atoms with Crippen LogP contribution in [0, 0.1) is 0 Å². The summed E-state index contributed by atoms with van der Waals surface area (Å²) in [6.45, 7) is 25.2. The average Bonchev–Trinajstić information content (AvgIpc) is 2.98. The van der Waals surface area contributed by atoms with Gasteiger partial charge in [-0.3, -0.25) is 0 Å². The first-order chi connectivity index (χ1) is 20.4. The molecule has 0 saturated heterocycles. The summed E-state index contributed by atoms with van der Waals surface area (Å²) in [5.41, 5.74) is 5.09. The summed E-state index contributed by atoms with van der Waals surface area (Å²) < 4.78 is 13.3. The largest absolute Gasteiger partial charge is 0.489 e. The van der Waals surface area contributed by atoms with E-state index in [0.717, 1.165) is 11.5 Å². The molecule has 4 aromatic carbocycles. The fourth-order valence-electron chi connectivity index (χ4n) is 5.40. The monoisotopic (exact) mass is 636 g/mol. The van der Waals surface area contributed by atoms with Gasteiger partial charge in [-0.25, -0.2) is 0 Å². The van der Waals surface area contributed by atoms with Gasteiger partial charge in [-0.2, -0.15) is 0 Å². The Labute approximate surface area is 267 Å². The lowest BCUT2D eigenvalue weighted by Crippen LogP contribution is -2.40. The van der Waals surface area contributed by atoms with Crippen LogP contribution in [-0.4, -0.2) is 35.2 Å². The third-order valence-electron chi connectivity index (χ3n) is 8.23. The van der Waals surface area contributed by atoms with Crippen molar-refractivity contribution in [3.05, 3.63) is 107 Å². The standard InChI is InChI=1S/C37H48O2Si4/c1-37(2,29-21-31(40(3)4)35(32(22-29)41(5)6)38-25-27-17-13-11-14-18-27)30-23-33(42(7)8)36(34(24-30)43(9)10)39-26-28-19-15-12-16-20-28/h11-24H,25-26H2,1-10H3. The molecule has 0 N–H and O–H groups in total. The van der Waals surface area contributed by atoms with Gasteiger partial charge in [0.05, 0.1) is 35.2 Å². The molecule has 4 rings (SSSR count). The van der Waals surface area contributed by atoms with Gasteiger partial charge in [-0.1, -0.05) is 151 Å². The molecule has 0 amide bonds. The molecule has 0 bridgehead atoms. The van der Waals surface area contributed by atoms with Gasteiger partial charge in [0, 0.05) is 5.41 Å². The van der Waals surface area contributed by atoms with Gasteiger partial charge in [0.15, 0.2) is 0 Å². The van der Waals surface area contributed by atoms with Crippen LogP contribution in [0.3, 0.4) is 0 Å². The van der Waals surface area contributed by atoms with Crippen molar-refractivity contribution < 1.29 is 9.47 Å². The maximum absolute atomic E-state index is 6.67. The minimum Gasteiger partial charge on any atom is -0.489 e. The molecule has 4 radical (unpaired) electrons. The second-order valence-corrected chi connectivity index (χ2v) is 23.1. The van der Waals surface area contributed by atoms with Crippen LogP contribution < -0.4 is 30.2 Å². The molecule has 0 aromatic heterocycles. The van der Waals surface area contributed by atoms with E-state index >= 15 is 0 Å². The number of hydrogen-bond acceptors (Lipinski definition) is 2. The van der Waals surface area contributed by atoms with Gasteiger partial charge in [0.25, 0.3) is 0 Å². The van der Waals surface area contributed by atoms with Crippen molar-refractivity contribution in [2.75, 3.05) is 0 Å². The predicted molar refractivity (Wildman–Crippen MR) is 195 cm³/mol. The molecule has 224 valence electrons. The van der Waals surface area contributed by atoms with Crippen LogP contribution in [0.2, 0.25) is 52.4 Å². The SMILES string of the molecule is C[Si](C)c1cc(C(C)(C)c2cc([Si](C)C)c(OCc3ccccc3)c([Si](C)C)c2)cc([Si](C)C)c1OCc1ccccc1. The van der Waals surface area contributed by atoms with E-state index in [-0.39, 0.29) is 5.41 Å². The van der Waals surface area contributed by atoms with Crippen LogP contribution in [0.25, 0.3) is 0 Å². The van der Waals surface area contributed by atoms with Crippen LogP contribution >= 0.6 is 0 Å². The first-order valence-electron chi connectivity index (χ1n) is 15.3. The Morgan fingerprint density at radius 3 is 1.00 bits per heavy atom. The van der Waals surface area contributed by atoms with E-state index in [1.54, 1.807) is 0 Å². The lowest BCUT2D eigenvalue weighted by atomic mass is 9.78. The summed E-state index contributed by atoms with van der Waals surface area (Å²) in [7, 11) is -3.06. The van der Waals surface area contributed by atoms with Crippen molar-refractivity contribution in [1.82, 2.24) is 0 Å². The lowest BCUT2D eigenvalue weighted by molar-refractivity contribution is 0.311. The minimum atomic E-state index is -0.765. The van der Waals surface area contributed by atoms with Crippen molar-refractivity contribution >= 4 is 55.9 Å². The van der Waals surface area contributed by atoms with Crippen LogP contribution in [0.1, 0.15) is 36.1 Å². The molecule has 0 spiro atoms. The molecule has 4 aromatic rings. The maximum Gasteiger partial charge on any atom is 0.117 e. The van der Waals surface area contributed by atoms with E-state index in [1.165, 1.54) is 43.0 Å². The Morgan fingerprint density at radius 2 is 0.744 bits per heavy atom. The molecule has 43 heavy (non-hydrogen) atoms. The molecular weight excluding hydrogens is 589 g/mol. The van der Waals surface area contributed by atoms with Gasteiger partial charge in [0.1, 0.15) is 24.7 Å². The molecule has 6 heteroatoms. The number of rotatable bonds is 12. The van der Waals surface area contributed by atoms with Crippen LogP contribution in [0.5, 0.6) is 11.5 Å². The topological polar surface area (TPSA) is 18.5 Å². The summed E-state index contributed by atoms with van der Waals surface area (Å²) in [4.78, 5) is 0. The number of benzene rings is 4. The predicted octanol–water partition coefficient (Wildman–Crippen LogP) is 7.02. The highest BCUT2D eigenvalue weighted by atomic mass is 28.3. The Morgan fingerprint density at radius 1 is 0.465 bits per heavy atom. The van der Waals surface area contributed by atoms with Crippen molar-refractivity contribution in [1.29, 1.82) is 0 Å². The number of ether oxygens (including phenoxy) is 2. The van der Waals surface area contributed by atoms with Gasteiger partial charge >= 0.3 is 0 Å². The van der Waals surface area contributed by atoms with E-state index in [1.807, 2.05) is 0 Å². The highest BCUT2D eigenvalue weighted by molar-refractivity contribution is 6.76. The van der Waals surface area contributed by atoms with Gasteiger partial charge in [0.2, 0.25) is 0 Å². The summed E-state index contributed by atoms with van der Waals surface area (Å²) >= 11 is 0. The first-order valence-corrected chi connectivity index (χ1v) is 25.3. The van der Waals surface area contributed by atoms with E-state index in [9.17, 15) is 0 Å². The highest BCUT2D eigenvalue weighted by Crippen LogP contribution is 2.33. The minimum absolute atomic E-state index is 0.147. The second-order valence-electron chi connectivity index (χ2n) is 13.0. The second kappa shape index (κ2) is 14.4. The molecule has 0 atom stereocenters. The van der Waals surface area contributed by atoms with Crippen LogP contribution in [0.15, 0.2) is 84.9 Å². The quantitative estimate of drug-likeness (QED) is 0.156. The summed E-state index contributed by atoms with van der Waals surface area (Å²) in [5.74, 6) is 2.29. The van der Waals surface area contributed by atoms with Crippen molar-refractivity contribution in [3.63, 3.8) is 0 Å². The molecule has 0 fully saturated rings. The summed E-state index contributed by atoms with van der Waals surface area (Å²) in [5, 5.41) is 5.68. The molecule has 0 aliphatic rings. The highest BCUT2D eigenvalue weighted by Gasteiger charge is 2.30. The zero-order valence-corrected chi connectivity index (χ0v) is 31.8. The van der Waals surface area contributed by atoms with E-state index in [2.05, 4.69) is 151 Å². The van der Waals surface area contributed by atoms with E-state index < -0.39 is 35.2 Å². The fraction of sp³-hybridized carbons (Fsp3) is 0.351. The smallest absolute Gasteiger partial charge is 0.117 e. The Hall–Kier alpha value is -2.65. The Bertz CT molecular complexity index is 1330. The number of hydrogen-bond donors (Lipinski definition) is 0. The van der Waals surface area contributed by atoms with Gasteiger partial charge in [-0.15, -0.1) is 0 Å². The van der Waals surface area contributed by atoms with Crippen molar-refractivity contribution in [2.24, 2.45) is 0 Å². The van der Waals surface area contributed by atoms with Crippen molar-refractivity contribution in [2.45, 2.75) is 84.9 Å². The van der Waals surface area contributed by atoms with Gasteiger partial charge < -0.3 is 9.47 Å². The molecule has 0 heterocycles. The third kappa shape index (κ3) is 7.90. The molecule has 0 saturated carbocycles. The third-order valence-corrected chi connectivity index (χ3v) is 14.0. The lowest BCUT2D eigenvalue weighted by Gasteiger charge is -2.32. The van der Waals surface area contributed by atoms with E-state index in [4.69, 9.17) is 9.47 Å². The van der Waals surface area contributed by atoms with E-state index in [0.29, 0.717) is 13.2 Å². The van der Waals surface area contributed by atoms with Crippen molar-refractivity contribution in [3.8, 4) is 11.5 Å². The molecule has 0 unspecified atom stereocenters. The zero-order valence-electron chi connectivity index (χ0n) is 27.8.